The lowest BCUT2D eigenvalue weighted by atomic mass is 10.2. The van der Waals surface area contributed by atoms with Crippen LogP contribution in [-0.4, -0.2) is 31.1 Å². The maximum Gasteiger partial charge on any atom is 0.247 e. The number of ether oxygens (including phenoxy) is 1. The number of carbonyl (C=O) groups is 1. The fraction of sp³-hybridized carbons (Fsp3) is 0.235. The molecule has 0 unspecified atom stereocenters. The second-order valence-electron chi connectivity index (χ2n) is 4.83. The number of furan rings is 1. The van der Waals surface area contributed by atoms with E-state index in [1.165, 1.54) is 18.2 Å². The second-order valence-corrected chi connectivity index (χ2v) is 5.75. The van der Waals surface area contributed by atoms with Crippen LogP contribution in [0.1, 0.15) is 11.3 Å². The van der Waals surface area contributed by atoms with Gasteiger partial charge in [0, 0.05) is 29.8 Å². The summed E-state index contributed by atoms with van der Waals surface area (Å²) in [6.07, 6.45) is 4.37. The minimum Gasteiger partial charge on any atom is -0.467 e. The van der Waals surface area contributed by atoms with Crippen LogP contribution in [0, 0.1) is 5.82 Å². The van der Waals surface area contributed by atoms with Crippen LogP contribution < -0.4 is 0 Å². The Labute approximate surface area is 142 Å². The van der Waals surface area contributed by atoms with E-state index in [1.807, 2.05) is 0 Å². The summed E-state index contributed by atoms with van der Waals surface area (Å²) in [5.41, 5.74) is 0.345. The Bertz CT molecular complexity index is 670. The van der Waals surface area contributed by atoms with Gasteiger partial charge in [-0.3, -0.25) is 4.79 Å². The molecule has 1 aromatic carbocycles. The zero-order chi connectivity index (χ0) is 16.7. The quantitative estimate of drug-likeness (QED) is 0.683. The molecule has 23 heavy (non-hydrogen) atoms. The van der Waals surface area contributed by atoms with Gasteiger partial charge in [0.1, 0.15) is 11.6 Å². The minimum atomic E-state index is -0.383. The predicted octanol–water partition coefficient (Wildman–Crippen LogP) is 3.87. The first-order valence-corrected chi connectivity index (χ1v) is 7.83. The number of rotatable bonds is 7. The summed E-state index contributed by atoms with van der Waals surface area (Å²) in [6, 6.07) is 8.13. The highest BCUT2D eigenvalue weighted by molar-refractivity contribution is 9.10. The molecular formula is C17H17BrFNO3. The van der Waals surface area contributed by atoms with E-state index in [2.05, 4.69) is 15.9 Å². The third-order valence-electron chi connectivity index (χ3n) is 3.17. The second kappa shape index (κ2) is 8.64. The van der Waals surface area contributed by atoms with Gasteiger partial charge in [0.25, 0.3) is 0 Å². The van der Waals surface area contributed by atoms with Crippen LogP contribution in [0.4, 0.5) is 4.39 Å². The van der Waals surface area contributed by atoms with E-state index in [1.54, 1.807) is 42.5 Å². The van der Waals surface area contributed by atoms with Gasteiger partial charge in [0.15, 0.2) is 0 Å². The molecule has 122 valence electrons. The Morgan fingerprint density at radius 1 is 1.43 bits per heavy atom. The standard InChI is InChI=1S/C17H17BrFNO3/c1-22-10-8-20(12-15-3-2-9-23-15)17(21)7-4-13-11-14(18)5-6-16(13)19/h2-7,9,11H,8,10,12H2,1H3/b7-4+. The first kappa shape index (κ1) is 17.4. The topological polar surface area (TPSA) is 42.7 Å². The van der Waals surface area contributed by atoms with Crippen molar-refractivity contribution in [3.63, 3.8) is 0 Å². The van der Waals surface area contributed by atoms with Crippen LogP contribution >= 0.6 is 15.9 Å². The third-order valence-corrected chi connectivity index (χ3v) is 3.66. The van der Waals surface area contributed by atoms with E-state index >= 15 is 0 Å². The average Bonchev–Trinajstić information content (AvgIpc) is 3.05. The molecule has 1 amide bonds. The first-order valence-electron chi connectivity index (χ1n) is 7.03. The van der Waals surface area contributed by atoms with E-state index in [4.69, 9.17) is 9.15 Å². The number of hydrogen-bond acceptors (Lipinski definition) is 3. The predicted molar refractivity (Wildman–Crippen MR) is 89.1 cm³/mol. The lowest BCUT2D eigenvalue weighted by Crippen LogP contribution is -2.31. The molecule has 0 saturated heterocycles. The number of amides is 1. The van der Waals surface area contributed by atoms with Gasteiger partial charge in [-0.05, 0) is 36.4 Å². The number of methoxy groups -OCH3 is 1. The van der Waals surface area contributed by atoms with Crippen molar-refractivity contribution in [2.24, 2.45) is 0 Å². The largest absolute Gasteiger partial charge is 0.467 e. The monoisotopic (exact) mass is 381 g/mol. The lowest BCUT2D eigenvalue weighted by molar-refractivity contribution is -0.127. The van der Waals surface area contributed by atoms with Crippen LogP contribution in [0.3, 0.4) is 0 Å². The number of hydrogen-bond donors (Lipinski definition) is 0. The molecule has 0 atom stereocenters. The van der Waals surface area contributed by atoms with Crippen molar-refractivity contribution in [2.45, 2.75) is 6.54 Å². The maximum absolute atomic E-state index is 13.7. The summed E-state index contributed by atoms with van der Waals surface area (Å²) in [5, 5.41) is 0. The van der Waals surface area contributed by atoms with Gasteiger partial charge in [0.2, 0.25) is 5.91 Å². The van der Waals surface area contributed by atoms with Crippen LogP contribution in [0.5, 0.6) is 0 Å². The molecule has 0 aliphatic rings. The van der Waals surface area contributed by atoms with Crippen LogP contribution in [0.2, 0.25) is 0 Å². The fourth-order valence-electron chi connectivity index (χ4n) is 1.97. The molecule has 6 heteroatoms. The van der Waals surface area contributed by atoms with Gasteiger partial charge in [0.05, 0.1) is 19.4 Å². The normalized spacial score (nSPS) is 11.1. The van der Waals surface area contributed by atoms with E-state index in [0.717, 1.165) is 4.47 Å². The molecule has 1 heterocycles. The van der Waals surface area contributed by atoms with E-state index in [9.17, 15) is 9.18 Å². The summed E-state index contributed by atoms with van der Waals surface area (Å²) in [5.74, 6) is 0.0565. The van der Waals surface area contributed by atoms with Crippen molar-refractivity contribution in [1.29, 1.82) is 0 Å². The molecule has 0 bridgehead atoms. The zero-order valence-corrected chi connectivity index (χ0v) is 14.3. The smallest absolute Gasteiger partial charge is 0.247 e. The number of benzene rings is 1. The van der Waals surface area contributed by atoms with E-state index in [0.29, 0.717) is 31.0 Å². The summed E-state index contributed by atoms with van der Waals surface area (Å²) in [7, 11) is 1.57. The van der Waals surface area contributed by atoms with E-state index < -0.39 is 0 Å². The molecule has 4 nitrogen and oxygen atoms in total. The van der Waals surface area contributed by atoms with Gasteiger partial charge in [-0.25, -0.2) is 4.39 Å². The molecule has 0 aliphatic heterocycles. The molecule has 1 aromatic heterocycles. The van der Waals surface area contributed by atoms with Gasteiger partial charge in [-0.1, -0.05) is 15.9 Å². The Kier molecular flexibility index (Phi) is 6.55. The fourth-order valence-corrected chi connectivity index (χ4v) is 2.35. The summed E-state index contributed by atoms with van der Waals surface area (Å²) >= 11 is 3.28. The average molecular weight is 382 g/mol. The molecule has 0 saturated carbocycles. The van der Waals surface area contributed by atoms with Gasteiger partial charge in [-0.15, -0.1) is 0 Å². The minimum absolute atomic E-state index is 0.238. The Morgan fingerprint density at radius 3 is 2.96 bits per heavy atom. The highest BCUT2D eigenvalue weighted by Gasteiger charge is 2.13. The lowest BCUT2D eigenvalue weighted by Gasteiger charge is -2.19. The van der Waals surface area contributed by atoms with Gasteiger partial charge >= 0.3 is 0 Å². The summed E-state index contributed by atoms with van der Waals surface area (Å²) in [6.45, 7) is 1.16. The maximum atomic E-state index is 13.7. The Morgan fingerprint density at radius 2 is 2.26 bits per heavy atom. The summed E-state index contributed by atoms with van der Waals surface area (Å²) in [4.78, 5) is 13.9. The molecule has 0 fully saturated rings. The highest BCUT2D eigenvalue weighted by Crippen LogP contribution is 2.17. The van der Waals surface area contributed by atoms with Crippen LogP contribution in [-0.2, 0) is 16.1 Å². The number of halogens is 2. The van der Waals surface area contributed by atoms with Crippen molar-refractivity contribution in [1.82, 2.24) is 4.90 Å². The van der Waals surface area contributed by atoms with Gasteiger partial charge < -0.3 is 14.1 Å². The Balaban J connectivity index is 2.09. The summed E-state index contributed by atoms with van der Waals surface area (Å²) < 4.78 is 24.7. The molecular weight excluding hydrogens is 365 g/mol. The third kappa shape index (κ3) is 5.33. The molecule has 2 aromatic rings. The van der Waals surface area contributed by atoms with Crippen molar-refractivity contribution in [3.05, 3.63) is 64.3 Å². The number of nitrogens with zero attached hydrogens (tertiary/aromatic N) is 1. The highest BCUT2D eigenvalue weighted by atomic mass is 79.9. The zero-order valence-electron chi connectivity index (χ0n) is 12.7. The first-order chi connectivity index (χ1) is 11.1. The van der Waals surface area contributed by atoms with Crippen molar-refractivity contribution in [3.8, 4) is 0 Å². The molecule has 0 radical (unpaired) electrons. The molecule has 0 N–H and O–H groups in total. The van der Waals surface area contributed by atoms with E-state index in [-0.39, 0.29) is 11.7 Å². The van der Waals surface area contributed by atoms with Crippen LogP contribution in [0.25, 0.3) is 6.08 Å². The molecule has 0 spiro atoms. The van der Waals surface area contributed by atoms with Crippen molar-refractivity contribution >= 4 is 27.9 Å². The molecule has 2 rings (SSSR count). The van der Waals surface area contributed by atoms with Crippen molar-refractivity contribution in [2.75, 3.05) is 20.3 Å². The SMILES string of the molecule is COCCN(Cc1ccco1)C(=O)/C=C/c1cc(Br)ccc1F. The molecule has 0 aliphatic carbocycles. The Hall–Kier alpha value is -1.92. The van der Waals surface area contributed by atoms with Crippen LogP contribution in [0.15, 0.2) is 51.6 Å². The number of carbonyl (C=O) groups excluding carboxylic acids is 1. The van der Waals surface area contributed by atoms with Gasteiger partial charge in [-0.2, -0.15) is 0 Å². The van der Waals surface area contributed by atoms with Crippen molar-refractivity contribution < 1.29 is 18.3 Å².